The molecule has 0 radical (unpaired) electrons. The fraction of sp³-hybridized carbons (Fsp3) is 0.222. The summed E-state index contributed by atoms with van der Waals surface area (Å²) in [4.78, 5) is 23.8. The zero-order valence-corrected chi connectivity index (χ0v) is 17.0. The Kier molecular flexibility index (Phi) is 6.33. The number of primary sulfonamides is 1. The zero-order valence-electron chi connectivity index (χ0n) is 15.4. The van der Waals surface area contributed by atoms with Crippen molar-refractivity contribution >= 4 is 45.0 Å². The molecular weight excluding hydrogens is 406 g/mol. The number of nitrogens with two attached hydrogens (primary N) is 1. The molecule has 2 aromatic rings. The van der Waals surface area contributed by atoms with Crippen LogP contribution in [0.25, 0.3) is 0 Å². The molecular formula is C18H20ClN3O5S. The number of halogens is 1. The van der Waals surface area contributed by atoms with Gasteiger partial charge in [0.1, 0.15) is 10.5 Å². The van der Waals surface area contributed by atoms with Crippen LogP contribution in [0.5, 0.6) is 0 Å². The number of benzene rings is 2. The molecule has 0 aliphatic carbocycles. The maximum absolute atomic E-state index is 12.3. The first kappa shape index (κ1) is 21.7. The lowest BCUT2D eigenvalue weighted by Gasteiger charge is -2.19. The Morgan fingerprint density at radius 1 is 1.00 bits per heavy atom. The first-order valence-electron chi connectivity index (χ1n) is 8.09. The summed E-state index contributed by atoms with van der Waals surface area (Å²) in [6, 6.07) is 10.1. The van der Waals surface area contributed by atoms with E-state index in [4.69, 9.17) is 21.5 Å². The lowest BCUT2D eigenvalue weighted by Crippen LogP contribution is -2.27. The fourth-order valence-corrected chi connectivity index (χ4v) is 3.20. The highest BCUT2D eigenvalue weighted by molar-refractivity contribution is 7.89. The van der Waals surface area contributed by atoms with Crippen LogP contribution in [0.1, 0.15) is 31.1 Å². The van der Waals surface area contributed by atoms with Gasteiger partial charge < -0.3 is 10.1 Å². The van der Waals surface area contributed by atoms with Gasteiger partial charge in [-0.25, -0.2) is 18.4 Å². The molecule has 0 aliphatic rings. The van der Waals surface area contributed by atoms with E-state index in [9.17, 15) is 18.0 Å². The third-order valence-corrected chi connectivity index (χ3v) is 4.68. The van der Waals surface area contributed by atoms with Gasteiger partial charge in [-0.15, -0.1) is 0 Å². The van der Waals surface area contributed by atoms with E-state index < -0.39 is 27.6 Å². The van der Waals surface area contributed by atoms with Gasteiger partial charge in [-0.05, 0) is 63.2 Å². The summed E-state index contributed by atoms with van der Waals surface area (Å²) >= 11 is 5.81. The fourth-order valence-electron chi connectivity index (χ4n) is 2.12. The lowest BCUT2D eigenvalue weighted by atomic mass is 10.2. The van der Waals surface area contributed by atoms with Crippen LogP contribution in [0.3, 0.4) is 0 Å². The van der Waals surface area contributed by atoms with E-state index in [2.05, 4.69) is 10.6 Å². The van der Waals surface area contributed by atoms with Crippen LogP contribution in [-0.4, -0.2) is 26.0 Å². The number of carbonyl (C=O) groups excluding carboxylic acids is 2. The Labute approximate surface area is 168 Å². The summed E-state index contributed by atoms with van der Waals surface area (Å²) in [5.74, 6) is -0.547. The third kappa shape index (κ3) is 6.22. The number of ether oxygens (including phenoxy) is 1. The van der Waals surface area contributed by atoms with Crippen LogP contribution in [0, 0.1) is 0 Å². The largest absolute Gasteiger partial charge is 0.444 e. The second-order valence-electron chi connectivity index (χ2n) is 6.85. The molecule has 0 saturated heterocycles. The quantitative estimate of drug-likeness (QED) is 0.689. The van der Waals surface area contributed by atoms with Crippen LogP contribution in [0.2, 0.25) is 5.02 Å². The minimum atomic E-state index is -4.06. The van der Waals surface area contributed by atoms with Crippen molar-refractivity contribution < 1.29 is 22.7 Å². The van der Waals surface area contributed by atoms with Gasteiger partial charge in [0, 0.05) is 16.9 Å². The Morgan fingerprint density at radius 3 is 2.04 bits per heavy atom. The minimum absolute atomic E-state index is 0.0726. The van der Waals surface area contributed by atoms with Crippen molar-refractivity contribution in [2.24, 2.45) is 5.14 Å². The van der Waals surface area contributed by atoms with Crippen molar-refractivity contribution in [3.63, 3.8) is 0 Å². The number of hydrogen-bond acceptors (Lipinski definition) is 5. The van der Waals surface area contributed by atoms with Crippen molar-refractivity contribution in [1.82, 2.24) is 0 Å². The van der Waals surface area contributed by atoms with Crippen LogP contribution in [0.15, 0.2) is 47.4 Å². The standard InChI is InChI=1S/C18H20ClN3O5S/c1-18(2,3)27-17(24)22-13-7-5-12(6-8-13)21-16(23)11-4-9-14(19)15(10-11)28(20,25)26/h4-10H,1-3H3,(H,21,23)(H,22,24)(H2,20,25,26). The van der Waals surface area contributed by atoms with E-state index in [0.29, 0.717) is 11.4 Å². The van der Waals surface area contributed by atoms with Crippen molar-refractivity contribution in [2.45, 2.75) is 31.3 Å². The number of nitrogens with one attached hydrogen (secondary N) is 2. The Balaban J connectivity index is 2.08. The van der Waals surface area contributed by atoms with Gasteiger partial charge in [0.25, 0.3) is 5.91 Å². The SMILES string of the molecule is CC(C)(C)OC(=O)Nc1ccc(NC(=O)c2ccc(Cl)c(S(N)(=O)=O)c2)cc1. The Bertz CT molecular complexity index is 999. The molecule has 2 amide bonds. The molecule has 0 heterocycles. The van der Waals surface area contributed by atoms with Crippen LogP contribution in [-0.2, 0) is 14.8 Å². The molecule has 2 aromatic carbocycles. The average molecular weight is 426 g/mol. The third-order valence-electron chi connectivity index (χ3n) is 3.29. The number of hydrogen-bond donors (Lipinski definition) is 3. The highest BCUT2D eigenvalue weighted by atomic mass is 35.5. The number of anilines is 2. The summed E-state index contributed by atoms with van der Waals surface area (Å²) in [7, 11) is -4.06. The molecule has 0 bridgehead atoms. The number of amides is 2. The van der Waals surface area contributed by atoms with E-state index >= 15 is 0 Å². The molecule has 28 heavy (non-hydrogen) atoms. The Morgan fingerprint density at radius 2 is 1.54 bits per heavy atom. The summed E-state index contributed by atoms with van der Waals surface area (Å²) < 4.78 is 28.2. The zero-order chi connectivity index (χ0) is 21.1. The summed E-state index contributed by atoms with van der Waals surface area (Å²) in [6.07, 6.45) is -0.596. The van der Waals surface area contributed by atoms with Crippen LogP contribution in [0.4, 0.5) is 16.2 Å². The lowest BCUT2D eigenvalue weighted by molar-refractivity contribution is 0.0635. The molecule has 0 spiro atoms. The van der Waals surface area contributed by atoms with Gasteiger partial charge in [0.2, 0.25) is 10.0 Å². The monoisotopic (exact) mass is 425 g/mol. The molecule has 0 aromatic heterocycles. The summed E-state index contributed by atoms with van der Waals surface area (Å²) in [5.41, 5.74) is 0.374. The molecule has 150 valence electrons. The number of rotatable bonds is 4. The van der Waals surface area contributed by atoms with E-state index in [-0.39, 0.29) is 15.5 Å². The van der Waals surface area contributed by atoms with Gasteiger partial charge in [-0.2, -0.15) is 0 Å². The molecule has 0 atom stereocenters. The normalized spacial score (nSPS) is 11.6. The van der Waals surface area contributed by atoms with E-state index in [1.54, 1.807) is 45.0 Å². The van der Waals surface area contributed by atoms with Gasteiger partial charge in [0.15, 0.2) is 0 Å². The summed E-state index contributed by atoms with van der Waals surface area (Å²) in [5, 5.41) is 10.2. The molecule has 4 N–H and O–H groups in total. The van der Waals surface area contributed by atoms with Crippen LogP contribution >= 0.6 is 11.6 Å². The second kappa shape index (κ2) is 8.17. The van der Waals surface area contributed by atoms with Gasteiger partial charge in [0.05, 0.1) is 5.02 Å². The molecule has 2 rings (SSSR count). The topological polar surface area (TPSA) is 128 Å². The number of sulfonamides is 1. The molecule has 0 fully saturated rings. The first-order chi connectivity index (χ1) is 12.8. The van der Waals surface area contributed by atoms with E-state index in [0.717, 1.165) is 6.07 Å². The predicted molar refractivity (Wildman–Crippen MR) is 107 cm³/mol. The van der Waals surface area contributed by atoms with Crippen molar-refractivity contribution in [3.8, 4) is 0 Å². The van der Waals surface area contributed by atoms with Gasteiger partial charge in [-0.3, -0.25) is 10.1 Å². The molecule has 0 saturated carbocycles. The highest BCUT2D eigenvalue weighted by Crippen LogP contribution is 2.22. The smallest absolute Gasteiger partial charge is 0.412 e. The first-order valence-corrected chi connectivity index (χ1v) is 10.0. The van der Waals surface area contributed by atoms with Gasteiger partial charge in [-0.1, -0.05) is 11.6 Å². The van der Waals surface area contributed by atoms with E-state index in [1.165, 1.54) is 12.1 Å². The van der Waals surface area contributed by atoms with Crippen molar-refractivity contribution in [3.05, 3.63) is 53.1 Å². The minimum Gasteiger partial charge on any atom is -0.444 e. The molecule has 0 unspecified atom stereocenters. The van der Waals surface area contributed by atoms with Crippen molar-refractivity contribution in [2.75, 3.05) is 10.6 Å². The van der Waals surface area contributed by atoms with Crippen LogP contribution < -0.4 is 15.8 Å². The van der Waals surface area contributed by atoms with Gasteiger partial charge >= 0.3 is 6.09 Å². The summed E-state index contributed by atoms with van der Waals surface area (Å²) in [6.45, 7) is 5.26. The number of carbonyl (C=O) groups is 2. The molecule has 8 nitrogen and oxygen atoms in total. The highest BCUT2D eigenvalue weighted by Gasteiger charge is 2.17. The Hall–Kier alpha value is -2.62. The average Bonchev–Trinajstić information content (AvgIpc) is 2.54. The second-order valence-corrected chi connectivity index (χ2v) is 8.79. The van der Waals surface area contributed by atoms with Crippen molar-refractivity contribution in [1.29, 1.82) is 0 Å². The maximum atomic E-state index is 12.3. The molecule has 10 heteroatoms. The predicted octanol–water partition coefficient (Wildman–Crippen LogP) is 3.59. The molecule has 0 aliphatic heterocycles. The van der Waals surface area contributed by atoms with E-state index in [1.807, 2.05) is 0 Å². The maximum Gasteiger partial charge on any atom is 0.412 e.